The van der Waals surface area contributed by atoms with Crippen LogP contribution in [0.1, 0.15) is 23.6 Å². The summed E-state index contributed by atoms with van der Waals surface area (Å²) >= 11 is 0. The van der Waals surface area contributed by atoms with Gasteiger partial charge in [-0.15, -0.1) is 0 Å². The summed E-state index contributed by atoms with van der Waals surface area (Å²) in [6.45, 7) is -0.186. The predicted octanol–water partition coefficient (Wildman–Crippen LogP) is 1.55. The summed E-state index contributed by atoms with van der Waals surface area (Å²) in [7, 11) is 0. The molecule has 5 heteroatoms. The lowest BCUT2D eigenvalue weighted by Crippen LogP contribution is -2.40. The van der Waals surface area contributed by atoms with Gasteiger partial charge in [-0.3, -0.25) is 9.59 Å². The largest absolute Gasteiger partial charge is 0.348 e. The Bertz CT molecular complexity index is 644. The number of aryl methyl sites for hydroxylation is 1. The molecule has 0 saturated heterocycles. The van der Waals surface area contributed by atoms with E-state index >= 15 is 0 Å². The van der Waals surface area contributed by atoms with Crippen molar-refractivity contribution in [1.82, 2.24) is 10.6 Å². The third-order valence-corrected chi connectivity index (χ3v) is 3.73. The van der Waals surface area contributed by atoms with E-state index in [2.05, 4.69) is 22.8 Å². The van der Waals surface area contributed by atoms with Gasteiger partial charge in [0.15, 0.2) is 0 Å². The van der Waals surface area contributed by atoms with Crippen LogP contribution in [-0.4, -0.2) is 24.9 Å². The number of nitrogens with two attached hydrogens (primary N) is 1. The molecule has 2 amide bonds. The lowest BCUT2D eigenvalue weighted by Gasteiger charge is -2.19. The monoisotopic (exact) mass is 325 g/mol. The molecule has 0 saturated carbocycles. The van der Waals surface area contributed by atoms with Gasteiger partial charge in [-0.25, -0.2) is 0 Å². The van der Waals surface area contributed by atoms with Crippen molar-refractivity contribution in [2.45, 2.75) is 18.9 Å². The number of hydrogen-bond acceptors (Lipinski definition) is 3. The Labute approximate surface area is 142 Å². The second kappa shape index (κ2) is 9.47. The molecule has 0 spiro atoms. The minimum Gasteiger partial charge on any atom is -0.348 e. The molecule has 0 aliphatic rings. The van der Waals surface area contributed by atoms with Gasteiger partial charge in [0.05, 0.1) is 19.1 Å². The molecular weight excluding hydrogens is 302 g/mol. The molecular formula is C19H23N3O2. The van der Waals surface area contributed by atoms with Crippen molar-refractivity contribution in [3.8, 4) is 0 Å². The SMILES string of the molecule is NCC(=O)NCC(=O)NC(CCc1ccccc1)c1ccccc1. The van der Waals surface area contributed by atoms with Crippen molar-refractivity contribution in [1.29, 1.82) is 0 Å². The molecule has 0 heterocycles. The summed E-state index contributed by atoms with van der Waals surface area (Å²) < 4.78 is 0. The Hall–Kier alpha value is -2.66. The van der Waals surface area contributed by atoms with E-state index in [1.165, 1.54) is 5.56 Å². The molecule has 2 aromatic rings. The molecule has 5 nitrogen and oxygen atoms in total. The zero-order valence-corrected chi connectivity index (χ0v) is 13.6. The minimum absolute atomic E-state index is 0.0648. The Morgan fingerprint density at radius 2 is 1.54 bits per heavy atom. The zero-order chi connectivity index (χ0) is 17.2. The first-order chi connectivity index (χ1) is 11.7. The molecule has 0 radical (unpaired) electrons. The Morgan fingerprint density at radius 3 is 2.17 bits per heavy atom. The van der Waals surface area contributed by atoms with E-state index in [1.807, 2.05) is 48.5 Å². The van der Waals surface area contributed by atoms with E-state index in [0.717, 1.165) is 18.4 Å². The Balaban J connectivity index is 1.98. The lowest BCUT2D eigenvalue weighted by atomic mass is 9.99. The van der Waals surface area contributed by atoms with Crippen molar-refractivity contribution < 1.29 is 9.59 Å². The molecule has 1 atom stereocenters. The second-order valence-corrected chi connectivity index (χ2v) is 5.54. The highest BCUT2D eigenvalue weighted by Gasteiger charge is 2.15. The topological polar surface area (TPSA) is 84.2 Å². The molecule has 0 aromatic heterocycles. The van der Waals surface area contributed by atoms with Crippen LogP contribution in [0.5, 0.6) is 0 Å². The normalized spacial score (nSPS) is 11.5. The highest BCUT2D eigenvalue weighted by Crippen LogP contribution is 2.19. The summed E-state index contributed by atoms with van der Waals surface area (Å²) in [5, 5.41) is 5.48. The number of carbonyl (C=O) groups excluding carboxylic acids is 2. The van der Waals surface area contributed by atoms with Crippen LogP contribution in [0.4, 0.5) is 0 Å². The number of amides is 2. The number of nitrogens with one attached hydrogen (secondary N) is 2. The van der Waals surface area contributed by atoms with Crippen LogP contribution < -0.4 is 16.4 Å². The van der Waals surface area contributed by atoms with Crippen LogP contribution in [0, 0.1) is 0 Å². The Kier molecular flexibility index (Phi) is 6.98. The van der Waals surface area contributed by atoms with Crippen LogP contribution >= 0.6 is 0 Å². The molecule has 1 unspecified atom stereocenters. The summed E-state index contributed by atoms with van der Waals surface area (Å²) in [5.74, 6) is -0.565. The van der Waals surface area contributed by atoms with Crippen LogP contribution in [0.25, 0.3) is 0 Å². The van der Waals surface area contributed by atoms with E-state index in [4.69, 9.17) is 5.73 Å². The number of carbonyl (C=O) groups is 2. The van der Waals surface area contributed by atoms with Crippen molar-refractivity contribution in [2.75, 3.05) is 13.1 Å². The van der Waals surface area contributed by atoms with E-state index in [-0.39, 0.29) is 30.9 Å². The summed E-state index contributed by atoms with van der Waals surface area (Å²) in [5.41, 5.74) is 7.49. The molecule has 2 rings (SSSR count). The summed E-state index contributed by atoms with van der Waals surface area (Å²) in [6.07, 6.45) is 1.64. The number of benzene rings is 2. The molecule has 0 fully saturated rings. The smallest absolute Gasteiger partial charge is 0.239 e. The van der Waals surface area contributed by atoms with Gasteiger partial charge in [-0.05, 0) is 24.0 Å². The standard InChI is InChI=1S/C19H23N3O2/c20-13-18(23)21-14-19(24)22-17(16-9-5-2-6-10-16)12-11-15-7-3-1-4-8-15/h1-10,17H,11-14,20H2,(H,21,23)(H,22,24). The molecule has 2 aromatic carbocycles. The van der Waals surface area contributed by atoms with Crippen molar-refractivity contribution in [3.63, 3.8) is 0 Å². The maximum absolute atomic E-state index is 12.1. The quantitative estimate of drug-likeness (QED) is 0.688. The molecule has 24 heavy (non-hydrogen) atoms. The van der Waals surface area contributed by atoms with Gasteiger partial charge in [0.1, 0.15) is 0 Å². The molecule has 0 aliphatic heterocycles. The van der Waals surface area contributed by atoms with Crippen molar-refractivity contribution in [3.05, 3.63) is 71.8 Å². The minimum atomic E-state index is -0.342. The Morgan fingerprint density at radius 1 is 0.917 bits per heavy atom. The van der Waals surface area contributed by atoms with Gasteiger partial charge in [0.25, 0.3) is 0 Å². The third-order valence-electron chi connectivity index (χ3n) is 3.73. The molecule has 0 aliphatic carbocycles. The predicted molar refractivity (Wildman–Crippen MR) is 94.2 cm³/mol. The van der Waals surface area contributed by atoms with Gasteiger partial charge >= 0.3 is 0 Å². The number of rotatable bonds is 8. The van der Waals surface area contributed by atoms with E-state index in [0.29, 0.717) is 0 Å². The summed E-state index contributed by atoms with van der Waals surface area (Å²) in [6, 6.07) is 19.9. The highest BCUT2D eigenvalue weighted by molar-refractivity contribution is 5.85. The lowest BCUT2D eigenvalue weighted by molar-refractivity contribution is -0.125. The fourth-order valence-corrected chi connectivity index (χ4v) is 2.46. The van der Waals surface area contributed by atoms with Crippen LogP contribution in [-0.2, 0) is 16.0 Å². The number of hydrogen-bond donors (Lipinski definition) is 3. The first-order valence-electron chi connectivity index (χ1n) is 8.04. The van der Waals surface area contributed by atoms with Gasteiger partial charge < -0.3 is 16.4 Å². The highest BCUT2D eigenvalue weighted by atomic mass is 16.2. The average molecular weight is 325 g/mol. The molecule has 4 N–H and O–H groups in total. The van der Waals surface area contributed by atoms with E-state index in [1.54, 1.807) is 0 Å². The van der Waals surface area contributed by atoms with E-state index in [9.17, 15) is 9.59 Å². The van der Waals surface area contributed by atoms with Gasteiger partial charge in [-0.1, -0.05) is 60.7 Å². The zero-order valence-electron chi connectivity index (χ0n) is 13.6. The van der Waals surface area contributed by atoms with Crippen LogP contribution in [0.15, 0.2) is 60.7 Å². The molecule has 126 valence electrons. The van der Waals surface area contributed by atoms with Crippen LogP contribution in [0.2, 0.25) is 0 Å². The first kappa shape index (κ1) is 17.7. The van der Waals surface area contributed by atoms with Crippen molar-refractivity contribution in [2.24, 2.45) is 5.73 Å². The van der Waals surface area contributed by atoms with Crippen LogP contribution in [0.3, 0.4) is 0 Å². The van der Waals surface area contributed by atoms with Crippen molar-refractivity contribution >= 4 is 11.8 Å². The maximum atomic E-state index is 12.1. The summed E-state index contributed by atoms with van der Waals surface area (Å²) in [4.78, 5) is 23.3. The maximum Gasteiger partial charge on any atom is 0.239 e. The second-order valence-electron chi connectivity index (χ2n) is 5.54. The fourth-order valence-electron chi connectivity index (χ4n) is 2.46. The van der Waals surface area contributed by atoms with E-state index < -0.39 is 0 Å². The van der Waals surface area contributed by atoms with Gasteiger partial charge in [-0.2, -0.15) is 0 Å². The fraction of sp³-hybridized carbons (Fsp3) is 0.263. The van der Waals surface area contributed by atoms with Gasteiger partial charge in [0, 0.05) is 0 Å². The third kappa shape index (κ3) is 5.85. The molecule has 0 bridgehead atoms. The van der Waals surface area contributed by atoms with Gasteiger partial charge in [0.2, 0.25) is 11.8 Å². The average Bonchev–Trinajstić information content (AvgIpc) is 2.64. The first-order valence-corrected chi connectivity index (χ1v) is 8.04.